The van der Waals surface area contributed by atoms with Crippen molar-refractivity contribution in [1.29, 1.82) is 0 Å². The van der Waals surface area contributed by atoms with E-state index in [9.17, 15) is 0 Å². The van der Waals surface area contributed by atoms with Crippen LogP contribution in [-0.2, 0) is 26.3 Å². The molecule has 0 aliphatic heterocycles. The molecule has 1 aromatic carbocycles. The van der Waals surface area contributed by atoms with Gasteiger partial charge < -0.3 is 16.0 Å². The van der Waals surface area contributed by atoms with Crippen molar-refractivity contribution in [1.82, 2.24) is 24.7 Å². The molecule has 5 rings (SSSR count). The Bertz CT molecular complexity index is 1200. The van der Waals surface area contributed by atoms with E-state index in [1.165, 1.54) is 35.0 Å². The molecular weight excluding hydrogens is 374 g/mol. The number of fused-ring (bicyclic) bond motifs is 2. The number of para-hydroxylation sites is 1. The van der Waals surface area contributed by atoms with Gasteiger partial charge in [-0.15, -0.1) is 0 Å². The molecule has 3 aromatic heterocycles. The van der Waals surface area contributed by atoms with Crippen LogP contribution >= 0.6 is 0 Å². The first-order valence-electron chi connectivity index (χ1n) is 10.6. The minimum absolute atomic E-state index is 0.187. The number of aromatic nitrogens is 5. The lowest BCUT2D eigenvalue weighted by atomic mass is 9.95. The van der Waals surface area contributed by atoms with Gasteiger partial charge in [-0.2, -0.15) is 10.1 Å². The maximum atomic E-state index is 6.08. The first-order chi connectivity index (χ1) is 14.6. The first-order valence-corrected chi connectivity index (χ1v) is 10.6. The minimum atomic E-state index is 0.187. The smallest absolute Gasteiger partial charge is 0.222 e. The number of anilines is 2. The van der Waals surface area contributed by atoms with Crippen LogP contribution in [0.2, 0.25) is 0 Å². The van der Waals surface area contributed by atoms with E-state index in [-0.39, 0.29) is 12.0 Å². The lowest BCUT2D eigenvalue weighted by Gasteiger charge is -2.16. The van der Waals surface area contributed by atoms with Gasteiger partial charge in [0.25, 0.3) is 0 Å². The van der Waals surface area contributed by atoms with Crippen molar-refractivity contribution in [2.24, 2.45) is 7.05 Å². The molecule has 4 N–H and O–H groups in total. The Hall–Kier alpha value is -3.35. The summed E-state index contributed by atoms with van der Waals surface area (Å²) in [7, 11) is 1.98. The molecule has 7 nitrogen and oxygen atoms in total. The summed E-state index contributed by atoms with van der Waals surface area (Å²) in [5, 5.41) is 9.49. The second-order valence-electron chi connectivity index (χ2n) is 8.21. The van der Waals surface area contributed by atoms with Crippen LogP contribution < -0.4 is 11.1 Å². The van der Waals surface area contributed by atoms with Crippen molar-refractivity contribution in [3.8, 4) is 11.4 Å². The average molecular weight is 402 g/mol. The van der Waals surface area contributed by atoms with E-state index in [1.807, 2.05) is 23.9 Å². The van der Waals surface area contributed by atoms with E-state index >= 15 is 0 Å². The van der Waals surface area contributed by atoms with Crippen LogP contribution in [0.15, 0.2) is 36.5 Å². The van der Waals surface area contributed by atoms with E-state index in [0.29, 0.717) is 0 Å². The lowest BCUT2D eigenvalue weighted by Crippen LogP contribution is -2.19. The van der Waals surface area contributed by atoms with Crippen LogP contribution in [0.25, 0.3) is 22.3 Å². The highest BCUT2D eigenvalue weighted by Crippen LogP contribution is 2.31. The van der Waals surface area contributed by atoms with Gasteiger partial charge in [0.15, 0.2) is 0 Å². The zero-order valence-electron chi connectivity index (χ0n) is 17.4. The van der Waals surface area contributed by atoms with Gasteiger partial charge in [0.2, 0.25) is 5.95 Å². The number of nitrogens with zero attached hydrogens (tertiary/aromatic N) is 4. The van der Waals surface area contributed by atoms with Crippen molar-refractivity contribution < 1.29 is 0 Å². The molecule has 0 bridgehead atoms. The Kier molecular flexibility index (Phi) is 4.65. The molecule has 1 unspecified atom stereocenters. The molecule has 0 saturated carbocycles. The highest BCUT2D eigenvalue weighted by molar-refractivity contribution is 5.83. The summed E-state index contributed by atoms with van der Waals surface area (Å²) >= 11 is 0. The number of aryl methyl sites for hydroxylation is 2. The number of hydrogen-bond acceptors (Lipinski definition) is 5. The molecule has 1 aliphatic carbocycles. The van der Waals surface area contributed by atoms with Gasteiger partial charge in [0.05, 0.1) is 17.1 Å². The molecule has 7 heteroatoms. The lowest BCUT2D eigenvalue weighted by molar-refractivity contribution is 0.664. The highest BCUT2D eigenvalue weighted by atomic mass is 15.3. The molecule has 0 saturated heterocycles. The standard InChI is InChI=1S/C23H27N7/c1-14(11-15-13-25-18-9-5-3-7-16(15)18)26-21-12-20(27-23(24)28-21)22-17-8-4-6-10-19(17)29-30(22)2/h3,5,7,9,12-14,25H,4,6,8,10-11H2,1-2H3,(H3,24,26,27,28). The molecule has 0 amide bonds. The largest absolute Gasteiger partial charge is 0.368 e. The molecule has 0 fully saturated rings. The predicted molar refractivity (Wildman–Crippen MR) is 120 cm³/mol. The molecule has 30 heavy (non-hydrogen) atoms. The SMILES string of the molecule is CC(Cc1c[nH]c2ccccc12)Nc1cc(-c2c3c(nn2C)CCCC3)nc(N)n1. The quantitative estimate of drug-likeness (QED) is 0.472. The number of nitrogen functional groups attached to an aromatic ring is 1. The summed E-state index contributed by atoms with van der Waals surface area (Å²) in [6.45, 7) is 2.16. The molecular formula is C23H27N7. The van der Waals surface area contributed by atoms with Crippen molar-refractivity contribution in [3.63, 3.8) is 0 Å². The normalized spacial score (nSPS) is 14.6. The third kappa shape index (κ3) is 3.40. The van der Waals surface area contributed by atoms with E-state index < -0.39 is 0 Å². The van der Waals surface area contributed by atoms with Gasteiger partial charge in [0.1, 0.15) is 5.82 Å². The fourth-order valence-corrected chi connectivity index (χ4v) is 4.60. The topological polar surface area (TPSA) is 97.4 Å². The van der Waals surface area contributed by atoms with Gasteiger partial charge in [-0.1, -0.05) is 18.2 Å². The minimum Gasteiger partial charge on any atom is -0.368 e. The van der Waals surface area contributed by atoms with Crippen molar-refractivity contribution in [2.45, 2.75) is 45.1 Å². The number of nitrogens with one attached hydrogen (secondary N) is 2. The Labute approximate surface area is 175 Å². The first kappa shape index (κ1) is 18.7. The predicted octanol–water partition coefficient (Wildman–Crippen LogP) is 3.86. The zero-order chi connectivity index (χ0) is 20.7. The summed E-state index contributed by atoms with van der Waals surface area (Å²) in [5.74, 6) is 1.02. The number of rotatable bonds is 5. The molecule has 0 radical (unpaired) electrons. The van der Waals surface area contributed by atoms with E-state index in [2.05, 4.69) is 51.6 Å². The fourth-order valence-electron chi connectivity index (χ4n) is 4.60. The molecule has 1 atom stereocenters. The van der Waals surface area contributed by atoms with E-state index in [0.717, 1.165) is 42.0 Å². The molecule has 0 spiro atoms. The monoisotopic (exact) mass is 401 g/mol. The van der Waals surface area contributed by atoms with Gasteiger partial charge >= 0.3 is 0 Å². The van der Waals surface area contributed by atoms with Gasteiger partial charge in [-0.05, 0) is 50.7 Å². The second kappa shape index (κ2) is 7.48. The Balaban J connectivity index is 1.41. The van der Waals surface area contributed by atoms with Gasteiger partial charge in [-0.3, -0.25) is 4.68 Å². The van der Waals surface area contributed by atoms with Crippen LogP contribution in [0.4, 0.5) is 11.8 Å². The molecule has 4 aromatic rings. The van der Waals surface area contributed by atoms with Crippen LogP contribution in [0.3, 0.4) is 0 Å². The third-order valence-corrected chi connectivity index (χ3v) is 5.90. The number of benzene rings is 1. The number of aromatic amines is 1. The second-order valence-corrected chi connectivity index (χ2v) is 8.21. The number of H-pyrrole nitrogens is 1. The van der Waals surface area contributed by atoms with Crippen LogP contribution in [0, 0.1) is 0 Å². The molecule has 154 valence electrons. The average Bonchev–Trinajstić information content (AvgIpc) is 3.27. The van der Waals surface area contributed by atoms with Crippen molar-refractivity contribution in [2.75, 3.05) is 11.1 Å². The van der Waals surface area contributed by atoms with E-state index in [4.69, 9.17) is 10.8 Å². The van der Waals surface area contributed by atoms with Crippen molar-refractivity contribution >= 4 is 22.7 Å². The Morgan fingerprint density at radius 1 is 1.20 bits per heavy atom. The highest BCUT2D eigenvalue weighted by Gasteiger charge is 2.22. The van der Waals surface area contributed by atoms with Gasteiger partial charge in [0, 0.05) is 41.8 Å². The Morgan fingerprint density at radius 3 is 2.93 bits per heavy atom. The maximum absolute atomic E-state index is 6.08. The summed E-state index contributed by atoms with van der Waals surface area (Å²) in [5.41, 5.74) is 12.9. The number of nitrogens with two attached hydrogens (primary N) is 1. The summed E-state index contributed by atoms with van der Waals surface area (Å²) in [6.07, 6.45) is 7.44. The van der Waals surface area contributed by atoms with Crippen LogP contribution in [0.5, 0.6) is 0 Å². The fraction of sp³-hybridized carbons (Fsp3) is 0.348. The zero-order valence-corrected chi connectivity index (χ0v) is 17.4. The third-order valence-electron chi connectivity index (χ3n) is 5.90. The van der Waals surface area contributed by atoms with Crippen molar-refractivity contribution in [3.05, 3.63) is 53.3 Å². The van der Waals surface area contributed by atoms with Crippen LogP contribution in [0.1, 0.15) is 36.6 Å². The summed E-state index contributed by atoms with van der Waals surface area (Å²) in [6, 6.07) is 10.6. The van der Waals surface area contributed by atoms with E-state index in [1.54, 1.807) is 0 Å². The molecule has 1 aliphatic rings. The van der Waals surface area contributed by atoms with Crippen LogP contribution in [-0.4, -0.2) is 30.8 Å². The number of hydrogen-bond donors (Lipinski definition) is 3. The summed E-state index contributed by atoms with van der Waals surface area (Å²) < 4.78 is 1.94. The maximum Gasteiger partial charge on any atom is 0.222 e. The summed E-state index contributed by atoms with van der Waals surface area (Å²) in [4.78, 5) is 12.3. The van der Waals surface area contributed by atoms with Gasteiger partial charge in [-0.25, -0.2) is 4.98 Å². The Morgan fingerprint density at radius 2 is 2.03 bits per heavy atom. The molecule has 3 heterocycles.